The number of nitrogens with zero attached hydrogens (tertiary/aromatic N) is 2. The molecule has 1 aliphatic carbocycles. The van der Waals surface area contributed by atoms with Crippen molar-refractivity contribution in [3.05, 3.63) is 34.9 Å². The summed E-state index contributed by atoms with van der Waals surface area (Å²) in [5.41, 5.74) is 7.44. The van der Waals surface area contributed by atoms with E-state index in [1.54, 1.807) is 0 Å². The Balaban J connectivity index is 0.00000176. The van der Waals surface area contributed by atoms with Crippen LogP contribution in [0.1, 0.15) is 24.8 Å². The number of guanidine groups is 1. The van der Waals surface area contributed by atoms with Crippen molar-refractivity contribution in [1.82, 2.24) is 4.90 Å². The van der Waals surface area contributed by atoms with Crippen molar-refractivity contribution >= 4 is 41.5 Å². The zero-order valence-electron chi connectivity index (χ0n) is 12.6. The van der Waals surface area contributed by atoms with Gasteiger partial charge in [0.25, 0.3) is 0 Å². The zero-order chi connectivity index (χ0) is 14.7. The molecule has 3 rings (SSSR count). The molecular weight excluding hydrogens is 413 g/mol. The number of benzene rings is 1. The van der Waals surface area contributed by atoms with Crippen LogP contribution in [0.5, 0.6) is 0 Å². The fourth-order valence-corrected chi connectivity index (χ4v) is 3.47. The predicted octanol–water partition coefficient (Wildman–Crippen LogP) is 3.03. The molecule has 2 aliphatic rings. The lowest BCUT2D eigenvalue weighted by Crippen LogP contribution is -2.46. The van der Waals surface area contributed by atoms with E-state index in [4.69, 9.17) is 22.1 Å². The normalized spacial score (nSPS) is 21.0. The molecule has 1 heterocycles. The lowest BCUT2D eigenvalue weighted by atomic mass is 9.64. The van der Waals surface area contributed by atoms with Gasteiger partial charge in [0.1, 0.15) is 0 Å². The van der Waals surface area contributed by atoms with E-state index in [0.29, 0.717) is 5.96 Å². The van der Waals surface area contributed by atoms with Crippen molar-refractivity contribution in [2.45, 2.75) is 24.7 Å². The maximum atomic E-state index is 6.38. The van der Waals surface area contributed by atoms with Crippen LogP contribution in [0.4, 0.5) is 0 Å². The van der Waals surface area contributed by atoms with Crippen molar-refractivity contribution in [2.75, 3.05) is 32.8 Å². The Morgan fingerprint density at radius 3 is 2.55 bits per heavy atom. The Morgan fingerprint density at radius 2 is 1.95 bits per heavy atom. The summed E-state index contributed by atoms with van der Waals surface area (Å²) < 4.78 is 5.34. The summed E-state index contributed by atoms with van der Waals surface area (Å²) in [5, 5.41) is 0.845. The molecule has 1 aromatic rings. The number of ether oxygens (including phenoxy) is 1. The van der Waals surface area contributed by atoms with Crippen LogP contribution < -0.4 is 5.73 Å². The van der Waals surface area contributed by atoms with Crippen LogP contribution in [-0.4, -0.2) is 43.7 Å². The summed E-state index contributed by atoms with van der Waals surface area (Å²) in [7, 11) is 0. The molecule has 0 spiro atoms. The van der Waals surface area contributed by atoms with Crippen LogP contribution in [-0.2, 0) is 10.2 Å². The fourth-order valence-electron chi connectivity index (χ4n) is 3.13. The molecule has 0 aromatic heterocycles. The second-order valence-electron chi connectivity index (χ2n) is 5.89. The molecule has 4 nitrogen and oxygen atoms in total. The molecule has 2 fully saturated rings. The summed E-state index contributed by atoms with van der Waals surface area (Å²) in [4.78, 5) is 6.77. The Kier molecular flexibility index (Phi) is 6.35. The van der Waals surface area contributed by atoms with Gasteiger partial charge in [-0.1, -0.05) is 36.2 Å². The molecule has 0 radical (unpaired) electrons. The second-order valence-corrected chi connectivity index (χ2v) is 6.29. The van der Waals surface area contributed by atoms with E-state index >= 15 is 0 Å². The third kappa shape index (κ3) is 3.68. The van der Waals surface area contributed by atoms with Gasteiger partial charge in [-0.3, -0.25) is 4.99 Å². The summed E-state index contributed by atoms with van der Waals surface area (Å²) >= 11 is 6.38. The summed E-state index contributed by atoms with van der Waals surface area (Å²) in [6, 6.07) is 8.12. The molecule has 0 amide bonds. The lowest BCUT2D eigenvalue weighted by Gasteiger charge is -2.42. The topological polar surface area (TPSA) is 50.8 Å². The number of aliphatic imine (C=N–C) groups is 1. The number of rotatable bonds is 3. The maximum absolute atomic E-state index is 6.38. The third-order valence-corrected chi connectivity index (χ3v) is 4.96. The van der Waals surface area contributed by atoms with Crippen molar-refractivity contribution in [3.8, 4) is 0 Å². The van der Waals surface area contributed by atoms with E-state index in [2.05, 4.69) is 22.0 Å². The van der Waals surface area contributed by atoms with Crippen LogP contribution in [0.25, 0.3) is 0 Å². The average molecular weight is 436 g/mol. The standard InChI is InChI=1S/C16H22ClN3O.HI/c17-14-5-2-1-4-13(14)16(6-3-7-16)12-19-15(18)20-8-10-21-11-9-20;/h1-2,4-5H,3,6-12H2,(H2,18,19);1H. The highest BCUT2D eigenvalue weighted by Gasteiger charge is 2.40. The molecule has 122 valence electrons. The van der Waals surface area contributed by atoms with Crippen molar-refractivity contribution in [3.63, 3.8) is 0 Å². The molecule has 1 aromatic carbocycles. The van der Waals surface area contributed by atoms with E-state index in [0.717, 1.165) is 50.7 Å². The molecule has 1 saturated heterocycles. The third-order valence-electron chi connectivity index (χ3n) is 4.63. The second kappa shape index (κ2) is 7.84. The van der Waals surface area contributed by atoms with Crippen molar-refractivity contribution < 1.29 is 4.74 Å². The van der Waals surface area contributed by atoms with E-state index in [9.17, 15) is 0 Å². The molecule has 1 aliphatic heterocycles. The van der Waals surface area contributed by atoms with Crippen LogP contribution in [0.2, 0.25) is 5.02 Å². The average Bonchev–Trinajstić information content (AvgIpc) is 2.48. The Hall–Kier alpha value is -0.530. The molecule has 2 N–H and O–H groups in total. The minimum absolute atomic E-state index is 0. The Labute approximate surface area is 154 Å². The van der Waals surface area contributed by atoms with Gasteiger partial charge in [-0.25, -0.2) is 0 Å². The van der Waals surface area contributed by atoms with Crippen LogP contribution >= 0.6 is 35.6 Å². The lowest BCUT2D eigenvalue weighted by molar-refractivity contribution is 0.0673. The monoisotopic (exact) mass is 435 g/mol. The Morgan fingerprint density at radius 1 is 1.27 bits per heavy atom. The van der Waals surface area contributed by atoms with Gasteiger partial charge < -0.3 is 15.4 Å². The first-order chi connectivity index (χ1) is 10.2. The van der Waals surface area contributed by atoms with Gasteiger partial charge in [-0.15, -0.1) is 24.0 Å². The van der Waals surface area contributed by atoms with E-state index in [-0.39, 0.29) is 29.4 Å². The summed E-state index contributed by atoms with van der Waals surface area (Å²) in [5.74, 6) is 0.636. The predicted molar refractivity (Wildman–Crippen MR) is 101 cm³/mol. The van der Waals surface area contributed by atoms with Gasteiger partial charge in [0.15, 0.2) is 5.96 Å². The first-order valence-electron chi connectivity index (χ1n) is 7.59. The fraction of sp³-hybridized carbons (Fsp3) is 0.562. The number of hydrogen-bond donors (Lipinski definition) is 1. The van der Waals surface area contributed by atoms with Gasteiger partial charge in [0, 0.05) is 23.5 Å². The van der Waals surface area contributed by atoms with Gasteiger partial charge in [0.2, 0.25) is 0 Å². The number of nitrogens with two attached hydrogens (primary N) is 1. The highest BCUT2D eigenvalue weighted by molar-refractivity contribution is 14.0. The smallest absolute Gasteiger partial charge is 0.191 e. The van der Waals surface area contributed by atoms with Crippen molar-refractivity contribution in [1.29, 1.82) is 0 Å². The van der Waals surface area contributed by atoms with E-state index < -0.39 is 0 Å². The SMILES string of the molecule is I.NC(=NCC1(c2ccccc2Cl)CCC1)N1CCOCC1. The largest absolute Gasteiger partial charge is 0.378 e. The van der Waals surface area contributed by atoms with Crippen molar-refractivity contribution in [2.24, 2.45) is 10.7 Å². The quantitative estimate of drug-likeness (QED) is 0.451. The van der Waals surface area contributed by atoms with Crippen LogP contribution in [0.3, 0.4) is 0 Å². The molecule has 0 bridgehead atoms. The number of halogens is 2. The molecule has 22 heavy (non-hydrogen) atoms. The molecule has 6 heteroatoms. The summed E-state index contributed by atoms with van der Waals surface area (Å²) in [6.07, 6.45) is 3.51. The van der Waals surface area contributed by atoms with Crippen LogP contribution in [0, 0.1) is 0 Å². The van der Waals surface area contributed by atoms with E-state index in [1.165, 1.54) is 12.0 Å². The molecule has 1 saturated carbocycles. The van der Waals surface area contributed by atoms with Gasteiger partial charge in [-0.05, 0) is 24.5 Å². The van der Waals surface area contributed by atoms with Crippen LogP contribution in [0.15, 0.2) is 29.3 Å². The molecular formula is C16H23ClIN3O. The van der Waals surface area contributed by atoms with Gasteiger partial charge >= 0.3 is 0 Å². The zero-order valence-corrected chi connectivity index (χ0v) is 15.7. The van der Waals surface area contributed by atoms with Gasteiger partial charge in [0.05, 0.1) is 19.8 Å². The molecule has 0 atom stereocenters. The first-order valence-corrected chi connectivity index (χ1v) is 7.97. The highest BCUT2D eigenvalue weighted by atomic mass is 127. The maximum Gasteiger partial charge on any atom is 0.191 e. The number of morpholine rings is 1. The number of hydrogen-bond acceptors (Lipinski definition) is 2. The molecule has 0 unspecified atom stereocenters. The first kappa shape index (κ1) is 17.8. The summed E-state index contributed by atoms with van der Waals surface area (Å²) in [6.45, 7) is 3.83. The minimum atomic E-state index is 0. The van der Waals surface area contributed by atoms with Gasteiger partial charge in [-0.2, -0.15) is 0 Å². The highest BCUT2D eigenvalue weighted by Crippen LogP contribution is 2.46. The minimum Gasteiger partial charge on any atom is -0.378 e. The van der Waals surface area contributed by atoms with E-state index in [1.807, 2.05) is 12.1 Å². The Bertz CT molecular complexity index is 528.